The molecule has 1 atom stereocenters. The van der Waals surface area contributed by atoms with Crippen molar-refractivity contribution in [1.82, 2.24) is 14.5 Å². The third-order valence-corrected chi connectivity index (χ3v) is 10.3. The summed E-state index contributed by atoms with van der Waals surface area (Å²) < 4.78 is 13.0. The molecule has 0 saturated carbocycles. The number of nitrogens with zero attached hydrogens (tertiary/aromatic N) is 2. The predicted molar refractivity (Wildman–Crippen MR) is 174 cm³/mol. The van der Waals surface area contributed by atoms with Gasteiger partial charge in [-0.2, -0.15) is 0 Å². The maximum atomic E-state index is 6.93. The summed E-state index contributed by atoms with van der Waals surface area (Å²) >= 11 is 1.90. The Labute approximate surface area is 245 Å². The van der Waals surface area contributed by atoms with Crippen LogP contribution < -0.4 is 5.32 Å². The van der Waals surface area contributed by atoms with E-state index in [1.54, 1.807) is 0 Å². The molecule has 0 radical (unpaired) electrons. The normalized spacial score (nSPS) is 16.4. The molecule has 1 aliphatic carbocycles. The van der Waals surface area contributed by atoms with Crippen molar-refractivity contribution < 1.29 is 4.74 Å². The van der Waals surface area contributed by atoms with Crippen LogP contribution in [0.3, 0.4) is 0 Å². The number of thiophene rings is 1. The largest absolute Gasteiger partial charge is 0.449 e. The van der Waals surface area contributed by atoms with Gasteiger partial charge < -0.3 is 14.6 Å². The van der Waals surface area contributed by atoms with Gasteiger partial charge in [-0.15, -0.1) is 11.3 Å². The van der Waals surface area contributed by atoms with Crippen molar-refractivity contribution in [1.29, 1.82) is 0 Å². The van der Waals surface area contributed by atoms with E-state index in [-0.39, 0.29) is 6.35 Å². The SMILES string of the molecule is c1ccc(-n2c3ccccc3c3c4c5ccccc5n(C5NC6=C(O5)c5c(sc7ccccc57)CC6)c4ccc32)cc1. The highest BCUT2D eigenvalue weighted by molar-refractivity contribution is 7.19. The van der Waals surface area contributed by atoms with Crippen molar-refractivity contribution in [3.63, 3.8) is 0 Å². The van der Waals surface area contributed by atoms with Crippen LogP contribution in [0.15, 0.2) is 121 Å². The zero-order valence-corrected chi connectivity index (χ0v) is 23.5. The number of benzene rings is 5. The van der Waals surface area contributed by atoms with E-state index in [1.807, 2.05) is 11.3 Å². The molecular formula is C37H25N3OS. The fourth-order valence-corrected chi connectivity index (χ4v) is 8.56. The molecule has 0 spiro atoms. The number of para-hydroxylation sites is 3. The van der Waals surface area contributed by atoms with Gasteiger partial charge in [0.05, 0.1) is 27.8 Å². The standard InChI is InChI=1S/C37H25N3OS/c1-2-10-22(11-3-1)39-27-15-7-4-12-23(27)33-29(39)19-20-30-34(33)24-13-5-8-16-28(24)40(30)37-38-26-18-21-32-35(36(26)41-37)25-14-6-9-17-31(25)42-32/h1-17,19-20,37-38H,18,21H2. The maximum absolute atomic E-state index is 6.93. The number of fused-ring (bicyclic) bond motifs is 11. The Morgan fingerprint density at radius 2 is 1.29 bits per heavy atom. The molecule has 2 aliphatic rings. The van der Waals surface area contributed by atoms with E-state index in [0.717, 1.165) is 18.6 Å². The van der Waals surface area contributed by atoms with Gasteiger partial charge in [0.1, 0.15) is 0 Å². The van der Waals surface area contributed by atoms with Crippen molar-refractivity contribution in [3.05, 3.63) is 131 Å². The van der Waals surface area contributed by atoms with E-state index in [0.29, 0.717) is 0 Å². The smallest absolute Gasteiger partial charge is 0.255 e. The molecule has 1 aliphatic heterocycles. The summed E-state index contributed by atoms with van der Waals surface area (Å²) in [6, 6.07) is 41.5. The molecular weight excluding hydrogens is 534 g/mol. The molecule has 4 heterocycles. The highest BCUT2D eigenvalue weighted by Crippen LogP contribution is 2.48. The lowest BCUT2D eigenvalue weighted by atomic mass is 9.99. The van der Waals surface area contributed by atoms with Crippen molar-refractivity contribution >= 4 is 70.8 Å². The zero-order chi connectivity index (χ0) is 27.4. The van der Waals surface area contributed by atoms with Gasteiger partial charge in [-0.25, -0.2) is 0 Å². The third-order valence-electron chi connectivity index (χ3n) is 9.06. The Balaban J connectivity index is 1.23. The van der Waals surface area contributed by atoms with Crippen molar-refractivity contribution in [2.45, 2.75) is 19.2 Å². The molecule has 0 amide bonds. The summed E-state index contributed by atoms with van der Waals surface area (Å²) in [4.78, 5) is 1.43. The molecule has 0 bridgehead atoms. The van der Waals surface area contributed by atoms with E-state index in [9.17, 15) is 0 Å². The molecule has 42 heavy (non-hydrogen) atoms. The van der Waals surface area contributed by atoms with Crippen LogP contribution in [-0.4, -0.2) is 9.13 Å². The van der Waals surface area contributed by atoms with Gasteiger partial charge in [0.2, 0.25) is 0 Å². The molecule has 3 aromatic heterocycles. The summed E-state index contributed by atoms with van der Waals surface area (Å²) in [5, 5.41) is 10.2. The van der Waals surface area contributed by atoms with Gasteiger partial charge in [0, 0.05) is 47.8 Å². The molecule has 1 unspecified atom stereocenters. The quantitative estimate of drug-likeness (QED) is 0.229. The molecule has 5 aromatic carbocycles. The first-order valence-corrected chi connectivity index (χ1v) is 15.3. The number of allylic oxidation sites excluding steroid dienone is 1. The average molecular weight is 560 g/mol. The number of aromatic nitrogens is 2. The summed E-state index contributed by atoms with van der Waals surface area (Å²) in [5.74, 6) is 1.02. The van der Waals surface area contributed by atoms with Crippen LogP contribution >= 0.6 is 11.3 Å². The molecule has 1 N–H and O–H groups in total. The van der Waals surface area contributed by atoms with Crippen LogP contribution in [0.1, 0.15) is 23.2 Å². The Bertz CT molecular complexity index is 2420. The van der Waals surface area contributed by atoms with E-state index in [4.69, 9.17) is 4.74 Å². The second-order valence-electron chi connectivity index (χ2n) is 11.2. The molecule has 5 heteroatoms. The second kappa shape index (κ2) is 8.28. The van der Waals surface area contributed by atoms with Crippen LogP contribution in [0.2, 0.25) is 0 Å². The van der Waals surface area contributed by atoms with E-state index >= 15 is 0 Å². The van der Waals surface area contributed by atoms with Gasteiger partial charge in [-0.1, -0.05) is 72.8 Å². The fourth-order valence-electron chi connectivity index (χ4n) is 7.35. The van der Waals surface area contributed by atoms with E-state index in [2.05, 4.69) is 130 Å². The topological polar surface area (TPSA) is 31.1 Å². The van der Waals surface area contributed by atoms with Crippen LogP contribution in [0.4, 0.5) is 0 Å². The first kappa shape index (κ1) is 22.7. The number of hydrogen-bond donors (Lipinski definition) is 1. The third kappa shape index (κ3) is 2.91. The number of ether oxygens (including phenoxy) is 1. The minimum absolute atomic E-state index is 0.318. The van der Waals surface area contributed by atoms with Crippen LogP contribution in [0.5, 0.6) is 0 Å². The summed E-state index contributed by atoms with van der Waals surface area (Å²) in [7, 11) is 0. The average Bonchev–Trinajstić information content (AvgIpc) is 3.79. The van der Waals surface area contributed by atoms with Gasteiger partial charge in [-0.3, -0.25) is 4.57 Å². The highest BCUT2D eigenvalue weighted by atomic mass is 32.1. The van der Waals surface area contributed by atoms with Crippen LogP contribution in [0.25, 0.3) is 65.1 Å². The number of nitrogens with one attached hydrogen (secondary N) is 1. The van der Waals surface area contributed by atoms with E-state index < -0.39 is 0 Å². The van der Waals surface area contributed by atoms with Crippen molar-refractivity contribution in [3.8, 4) is 5.69 Å². The highest BCUT2D eigenvalue weighted by Gasteiger charge is 2.35. The molecule has 0 fully saturated rings. The number of aryl methyl sites for hydroxylation is 1. The van der Waals surface area contributed by atoms with E-state index in [1.165, 1.54) is 75.5 Å². The first-order chi connectivity index (χ1) is 20.8. The Morgan fingerprint density at radius 3 is 2.14 bits per heavy atom. The van der Waals surface area contributed by atoms with Gasteiger partial charge in [-0.05, 0) is 55.3 Å². The molecule has 4 nitrogen and oxygen atoms in total. The maximum Gasteiger partial charge on any atom is 0.255 e. The molecule has 0 saturated heterocycles. The summed E-state index contributed by atoms with van der Waals surface area (Å²) in [6.07, 6.45) is 1.70. The number of hydrogen-bond acceptors (Lipinski definition) is 3. The Kier molecular flexibility index (Phi) is 4.47. The predicted octanol–water partition coefficient (Wildman–Crippen LogP) is 9.50. The van der Waals surface area contributed by atoms with Gasteiger partial charge >= 0.3 is 0 Å². The molecule has 200 valence electrons. The first-order valence-electron chi connectivity index (χ1n) is 14.5. The monoisotopic (exact) mass is 559 g/mol. The van der Waals surface area contributed by atoms with Crippen LogP contribution in [0, 0.1) is 0 Å². The summed E-state index contributed by atoms with van der Waals surface area (Å²) in [6.45, 7) is 0. The second-order valence-corrected chi connectivity index (χ2v) is 12.4. The van der Waals surface area contributed by atoms with Crippen molar-refractivity contribution in [2.75, 3.05) is 0 Å². The molecule has 10 rings (SSSR count). The fraction of sp³-hybridized carbons (Fsp3) is 0.0811. The van der Waals surface area contributed by atoms with Gasteiger partial charge in [0.15, 0.2) is 5.76 Å². The Morgan fingerprint density at radius 1 is 0.619 bits per heavy atom. The summed E-state index contributed by atoms with van der Waals surface area (Å²) in [5.41, 5.74) is 8.43. The lowest BCUT2D eigenvalue weighted by molar-refractivity contribution is 0.110. The lowest BCUT2D eigenvalue weighted by Crippen LogP contribution is -2.22. The number of rotatable bonds is 2. The minimum Gasteiger partial charge on any atom is -0.449 e. The molecule has 8 aromatic rings. The minimum atomic E-state index is -0.318. The van der Waals surface area contributed by atoms with Crippen molar-refractivity contribution in [2.24, 2.45) is 0 Å². The Hall–Kier alpha value is -5.00. The zero-order valence-electron chi connectivity index (χ0n) is 22.7. The van der Waals surface area contributed by atoms with Gasteiger partial charge in [0.25, 0.3) is 6.35 Å². The van der Waals surface area contributed by atoms with Crippen LogP contribution in [-0.2, 0) is 11.2 Å². The lowest BCUT2D eigenvalue weighted by Gasteiger charge is -2.18.